The summed E-state index contributed by atoms with van der Waals surface area (Å²) in [5.74, 6) is -0.146. The van der Waals surface area contributed by atoms with E-state index in [9.17, 15) is 9.90 Å². The van der Waals surface area contributed by atoms with Crippen molar-refractivity contribution in [2.45, 2.75) is 19.4 Å². The Labute approximate surface area is 106 Å². The first-order valence-corrected chi connectivity index (χ1v) is 5.96. The molecule has 0 spiro atoms. The van der Waals surface area contributed by atoms with E-state index < -0.39 is 5.60 Å². The van der Waals surface area contributed by atoms with E-state index in [-0.39, 0.29) is 11.8 Å². The lowest BCUT2D eigenvalue weighted by molar-refractivity contribution is 0.0351. The molecule has 94 valence electrons. The molecule has 4 nitrogen and oxygen atoms in total. The molecule has 0 bridgehead atoms. The lowest BCUT2D eigenvalue weighted by Gasteiger charge is -2.20. The van der Waals surface area contributed by atoms with Gasteiger partial charge in [0.15, 0.2) is 0 Å². The van der Waals surface area contributed by atoms with Crippen LogP contribution < -0.4 is 0 Å². The highest BCUT2D eigenvalue weighted by atomic mass is 16.3. The molecular formula is C14H16N2O2. The van der Waals surface area contributed by atoms with Crippen LogP contribution in [0.4, 0.5) is 0 Å². The quantitative estimate of drug-likeness (QED) is 0.812. The minimum absolute atomic E-state index is 0.0377. The van der Waals surface area contributed by atoms with Crippen LogP contribution in [0.25, 0.3) is 0 Å². The second-order valence-corrected chi connectivity index (χ2v) is 5.10. The number of rotatable bonds is 1. The number of likely N-dealkylation sites (tertiary alicyclic amines) is 1. The molecule has 2 rings (SSSR count). The molecule has 0 aromatic heterocycles. The standard InChI is InChI=1S/C14H16N2O2/c1-10-8-16(9-14(10,2)18)13(17)12-6-4-3-5-11(12)7-15/h3-6,10,18H,8-9H2,1-2H3/t10-,14+/m1/s1. The molecule has 0 aliphatic carbocycles. The normalized spacial score (nSPS) is 27.0. The molecule has 0 radical (unpaired) electrons. The average molecular weight is 244 g/mol. The van der Waals surface area contributed by atoms with E-state index in [1.807, 2.05) is 13.0 Å². The number of β-amino-alcohol motifs (C(OH)–C–C–N with tert-alkyl or cyclic N) is 1. The number of nitriles is 1. The predicted molar refractivity (Wildman–Crippen MR) is 66.8 cm³/mol. The zero-order valence-electron chi connectivity index (χ0n) is 10.6. The van der Waals surface area contributed by atoms with Crippen molar-refractivity contribution in [1.29, 1.82) is 5.26 Å². The highest BCUT2D eigenvalue weighted by Crippen LogP contribution is 2.28. The smallest absolute Gasteiger partial charge is 0.255 e. The van der Waals surface area contributed by atoms with Crippen molar-refractivity contribution in [2.24, 2.45) is 5.92 Å². The predicted octanol–water partition coefficient (Wildman–Crippen LogP) is 1.40. The number of nitrogens with zero attached hydrogens (tertiary/aromatic N) is 2. The van der Waals surface area contributed by atoms with Crippen molar-refractivity contribution in [2.75, 3.05) is 13.1 Å². The summed E-state index contributed by atoms with van der Waals surface area (Å²) in [4.78, 5) is 13.9. The fourth-order valence-corrected chi connectivity index (χ4v) is 2.23. The molecule has 4 heteroatoms. The molecular weight excluding hydrogens is 228 g/mol. The number of amides is 1. The van der Waals surface area contributed by atoms with Crippen molar-refractivity contribution in [3.63, 3.8) is 0 Å². The van der Waals surface area contributed by atoms with Crippen LogP contribution in [0, 0.1) is 17.2 Å². The minimum atomic E-state index is -0.850. The molecule has 1 aromatic carbocycles. The number of hydrogen-bond donors (Lipinski definition) is 1. The Bertz CT molecular complexity index is 517. The van der Waals surface area contributed by atoms with Crippen LogP contribution in [-0.2, 0) is 0 Å². The fourth-order valence-electron chi connectivity index (χ4n) is 2.23. The van der Waals surface area contributed by atoms with Gasteiger partial charge in [-0.3, -0.25) is 4.79 Å². The summed E-state index contributed by atoms with van der Waals surface area (Å²) in [5.41, 5.74) is -0.0661. The molecule has 0 saturated carbocycles. The summed E-state index contributed by atoms with van der Waals surface area (Å²) in [6, 6.07) is 8.78. The molecule has 1 aliphatic rings. The van der Waals surface area contributed by atoms with Crippen LogP contribution in [-0.4, -0.2) is 34.6 Å². The maximum atomic E-state index is 12.3. The van der Waals surface area contributed by atoms with Gasteiger partial charge in [-0.1, -0.05) is 19.1 Å². The highest BCUT2D eigenvalue weighted by molar-refractivity contribution is 5.96. The van der Waals surface area contributed by atoms with Gasteiger partial charge in [0.1, 0.15) is 0 Å². The second-order valence-electron chi connectivity index (χ2n) is 5.10. The summed E-state index contributed by atoms with van der Waals surface area (Å²) in [7, 11) is 0. The molecule has 0 unspecified atom stereocenters. The van der Waals surface area contributed by atoms with E-state index in [0.717, 1.165) is 0 Å². The maximum Gasteiger partial charge on any atom is 0.255 e. The van der Waals surface area contributed by atoms with Gasteiger partial charge >= 0.3 is 0 Å². The number of carbonyl (C=O) groups excluding carboxylic acids is 1. The van der Waals surface area contributed by atoms with E-state index in [2.05, 4.69) is 0 Å². The van der Waals surface area contributed by atoms with Crippen LogP contribution in [0.5, 0.6) is 0 Å². The van der Waals surface area contributed by atoms with E-state index in [4.69, 9.17) is 5.26 Å². The Morgan fingerprint density at radius 1 is 1.56 bits per heavy atom. The number of aliphatic hydroxyl groups is 1. The Hall–Kier alpha value is -1.86. The van der Waals surface area contributed by atoms with Crippen LogP contribution in [0.3, 0.4) is 0 Å². The summed E-state index contributed by atoms with van der Waals surface area (Å²) < 4.78 is 0. The zero-order chi connectivity index (χ0) is 13.3. The molecule has 1 N–H and O–H groups in total. The third-order valence-corrected chi connectivity index (χ3v) is 3.63. The Balaban J connectivity index is 2.26. The molecule has 1 aliphatic heterocycles. The molecule has 1 heterocycles. The fraction of sp³-hybridized carbons (Fsp3) is 0.429. The van der Waals surface area contributed by atoms with Crippen molar-refractivity contribution < 1.29 is 9.90 Å². The lowest BCUT2D eigenvalue weighted by atomic mass is 9.95. The third-order valence-electron chi connectivity index (χ3n) is 3.63. The summed E-state index contributed by atoms with van der Waals surface area (Å²) >= 11 is 0. The number of hydrogen-bond acceptors (Lipinski definition) is 3. The molecule has 2 atom stereocenters. The summed E-state index contributed by atoms with van der Waals surface area (Å²) in [6.07, 6.45) is 0. The third kappa shape index (κ3) is 2.09. The highest BCUT2D eigenvalue weighted by Gasteiger charge is 2.40. The average Bonchev–Trinajstić information content (AvgIpc) is 2.63. The topological polar surface area (TPSA) is 64.3 Å². The van der Waals surface area contributed by atoms with Crippen molar-refractivity contribution in [3.8, 4) is 6.07 Å². The molecule has 1 fully saturated rings. The maximum absolute atomic E-state index is 12.3. The minimum Gasteiger partial charge on any atom is -0.388 e. The van der Waals surface area contributed by atoms with Crippen LogP contribution >= 0.6 is 0 Å². The summed E-state index contributed by atoms with van der Waals surface area (Å²) in [6.45, 7) is 4.49. The summed E-state index contributed by atoms with van der Waals surface area (Å²) in [5, 5.41) is 19.1. The van der Waals surface area contributed by atoms with Crippen molar-refractivity contribution >= 4 is 5.91 Å². The van der Waals surface area contributed by atoms with Gasteiger partial charge in [0.2, 0.25) is 0 Å². The van der Waals surface area contributed by atoms with Crippen molar-refractivity contribution in [1.82, 2.24) is 4.90 Å². The first-order chi connectivity index (χ1) is 8.45. The largest absolute Gasteiger partial charge is 0.388 e. The first kappa shape index (κ1) is 12.6. The van der Waals surface area contributed by atoms with Gasteiger partial charge in [0, 0.05) is 19.0 Å². The molecule has 1 saturated heterocycles. The monoisotopic (exact) mass is 244 g/mol. The van der Waals surface area contributed by atoms with E-state index in [1.54, 1.807) is 36.1 Å². The number of carbonyl (C=O) groups is 1. The van der Waals surface area contributed by atoms with Crippen LogP contribution in [0.15, 0.2) is 24.3 Å². The molecule has 18 heavy (non-hydrogen) atoms. The van der Waals surface area contributed by atoms with Gasteiger partial charge in [-0.25, -0.2) is 0 Å². The van der Waals surface area contributed by atoms with Gasteiger partial charge in [0.05, 0.1) is 22.8 Å². The van der Waals surface area contributed by atoms with E-state index in [0.29, 0.717) is 24.2 Å². The SMILES string of the molecule is C[C@@H]1CN(C(=O)c2ccccc2C#N)C[C@]1(C)O. The van der Waals surface area contributed by atoms with E-state index >= 15 is 0 Å². The first-order valence-electron chi connectivity index (χ1n) is 5.96. The van der Waals surface area contributed by atoms with Gasteiger partial charge in [-0.15, -0.1) is 0 Å². The van der Waals surface area contributed by atoms with Crippen LogP contribution in [0.2, 0.25) is 0 Å². The molecule has 1 amide bonds. The van der Waals surface area contributed by atoms with Gasteiger partial charge in [-0.2, -0.15) is 5.26 Å². The lowest BCUT2D eigenvalue weighted by Crippen LogP contribution is -2.35. The van der Waals surface area contributed by atoms with Gasteiger partial charge in [-0.05, 0) is 19.1 Å². The van der Waals surface area contributed by atoms with E-state index in [1.165, 1.54) is 0 Å². The Kier molecular flexibility index (Phi) is 3.10. The second kappa shape index (κ2) is 4.43. The zero-order valence-corrected chi connectivity index (χ0v) is 10.6. The van der Waals surface area contributed by atoms with Gasteiger partial charge in [0.25, 0.3) is 5.91 Å². The van der Waals surface area contributed by atoms with Crippen molar-refractivity contribution in [3.05, 3.63) is 35.4 Å². The van der Waals surface area contributed by atoms with Crippen LogP contribution in [0.1, 0.15) is 29.8 Å². The Morgan fingerprint density at radius 2 is 2.22 bits per heavy atom. The Morgan fingerprint density at radius 3 is 2.78 bits per heavy atom. The molecule has 1 aromatic rings. The van der Waals surface area contributed by atoms with Gasteiger partial charge < -0.3 is 10.0 Å². The number of benzene rings is 1.